The molecule has 4 rings (SSSR count). The second-order valence-corrected chi connectivity index (χ2v) is 6.96. The van der Waals surface area contributed by atoms with Gasteiger partial charge < -0.3 is 9.64 Å². The molecule has 0 saturated heterocycles. The highest BCUT2D eigenvalue weighted by atomic mass is 19.1. The number of nitrogens with zero attached hydrogens (tertiary/aromatic N) is 2. The summed E-state index contributed by atoms with van der Waals surface area (Å²) in [7, 11) is 0. The fourth-order valence-electron chi connectivity index (χ4n) is 3.88. The first-order valence-corrected chi connectivity index (χ1v) is 9.17. The number of benzene rings is 2. The van der Waals surface area contributed by atoms with Gasteiger partial charge in [-0.05, 0) is 35.2 Å². The molecule has 0 aliphatic carbocycles. The van der Waals surface area contributed by atoms with Crippen molar-refractivity contribution in [2.75, 3.05) is 6.54 Å². The number of ether oxygens (including phenoxy) is 1. The summed E-state index contributed by atoms with van der Waals surface area (Å²) in [5, 5.41) is 10.9. The first-order chi connectivity index (χ1) is 13.5. The number of rotatable bonds is 3. The average molecular weight is 382 g/mol. The Morgan fingerprint density at radius 3 is 2.57 bits per heavy atom. The van der Waals surface area contributed by atoms with Gasteiger partial charge in [0.15, 0.2) is 12.4 Å². The zero-order chi connectivity index (χ0) is 19.7. The second kappa shape index (κ2) is 7.42. The van der Waals surface area contributed by atoms with Gasteiger partial charge in [-0.2, -0.15) is 0 Å². The Bertz CT molecular complexity index is 942. The molecule has 0 aromatic heterocycles. The molecule has 2 aromatic rings. The topological polar surface area (TPSA) is 72.7 Å². The fourth-order valence-corrected chi connectivity index (χ4v) is 3.88. The van der Waals surface area contributed by atoms with Crippen LogP contribution in [0.5, 0.6) is 0 Å². The SMILES string of the molecule is O=C(C1CCC([N+](=O)[O-])=CO1)N1CCc2ccccc2[C@@H]1c1ccc(F)cc1. The largest absolute Gasteiger partial charge is 0.481 e. The third-order valence-electron chi connectivity index (χ3n) is 5.29. The Morgan fingerprint density at radius 1 is 1.14 bits per heavy atom. The van der Waals surface area contributed by atoms with Crippen LogP contribution in [-0.2, 0) is 16.0 Å². The van der Waals surface area contributed by atoms with Crippen molar-refractivity contribution in [1.82, 2.24) is 4.90 Å². The molecule has 1 amide bonds. The average Bonchev–Trinajstić information content (AvgIpc) is 2.73. The summed E-state index contributed by atoms with van der Waals surface area (Å²) in [5.41, 5.74) is 2.95. The van der Waals surface area contributed by atoms with Gasteiger partial charge in [0, 0.05) is 19.4 Å². The molecule has 28 heavy (non-hydrogen) atoms. The minimum absolute atomic E-state index is 0.0249. The van der Waals surface area contributed by atoms with Crippen LogP contribution in [0.15, 0.2) is 60.5 Å². The van der Waals surface area contributed by atoms with Crippen LogP contribution in [0.2, 0.25) is 0 Å². The Kier molecular flexibility index (Phi) is 4.81. The van der Waals surface area contributed by atoms with Crippen molar-refractivity contribution in [3.05, 3.63) is 93.1 Å². The molecule has 2 aromatic carbocycles. The van der Waals surface area contributed by atoms with Crippen LogP contribution >= 0.6 is 0 Å². The maximum Gasteiger partial charge on any atom is 0.280 e. The quantitative estimate of drug-likeness (QED) is 0.601. The summed E-state index contributed by atoms with van der Waals surface area (Å²) in [4.78, 5) is 25.3. The molecule has 2 atom stereocenters. The van der Waals surface area contributed by atoms with Crippen molar-refractivity contribution in [1.29, 1.82) is 0 Å². The van der Waals surface area contributed by atoms with E-state index in [9.17, 15) is 19.3 Å². The number of hydrogen-bond acceptors (Lipinski definition) is 4. The van der Waals surface area contributed by atoms with Crippen LogP contribution in [0.4, 0.5) is 4.39 Å². The van der Waals surface area contributed by atoms with Gasteiger partial charge >= 0.3 is 0 Å². The van der Waals surface area contributed by atoms with Gasteiger partial charge in [0.2, 0.25) is 0 Å². The molecular weight excluding hydrogens is 363 g/mol. The van der Waals surface area contributed by atoms with E-state index < -0.39 is 11.0 Å². The lowest BCUT2D eigenvalue weighted by molar-refractivity contribution is -0.431. The third-order valence-corrected chi connectivity index (χ3v) is 5.29. The Balaban J connectivity index is 1.66. The van der Waals surface area contributed by atoms with E-state index in [2.05, 4.69) is 0 Å². The zero-order valence-corrected chi connectivity index (χ0v) is 15.1. The van der Waals surface area contributed by atoms with Crippen LogP contribution in [0.1, 0.15) is 35.6 Å². The fraction of sp³-hybridized carbons (Fsp3) is 0.286. The lowest BCUT2D eigenvalue weighted by atomic mass is 9.87. The van der Waals surface area contributed by atoms with Crippen LogP contribution in [0.3, 0.4) is 0 Å². The molecule has 0 spiro atoms. The molecular formula is C21H19FN2O4. The molecule has 0 radical (unpaired) electrons. The number of hydrogen-bond donors (Lipinski definition) is 0. The van der Waals surface area contributed by atoms with Gasteiger partial charge in [-0.3, -0.25) is 14.9 Å². The molecule has 2 heterocycles. The number of halogens is 1. The summed E-state index contributed by atoms with van der Waals surface area (Å²) in [6.45, 7) is 0.504. The first-order valence-electron chi connectivity index (χ1n) is 9.17. The number of carbonyl (C=O) groups is 1. The van der Waals surface area contributed by atoms with E-state index in [0.29, 0.717) is 13.0 Å². The van der Waals surface area contributed by atoms with E-state index in [1.807, 2.05) is 24.3 Å². The van der Waals surface area contributed by atoms with E-state index >= 15 is 0 Å². The number of amides is 1. The van der Waals surface area contributed by atoms with Crippen molar-refractivity contribution < 1.29 is 18.8 Å². The molecule has 0 saturated carbocycles. The van der Waals surface area contributed by atoms with E-state index in [-0.39, 0.29) is 36.3 Å². The summed E-state index contributed by atoms with van der Waals surface area (Å²) in [6.07, 6.45) is 1.49. The summed E-state index contributed by atoms with van der Waals surface area (Å²) in [6, 6.07) is 13.7. The molecule has 7 heteroatoms. The van der Waals surface area contributed by atoms with E-state index in [1.165, 1.54) is 12.1 Å². The summed E-state index contributed by atoms with van der Waals surface area (Å²) >= 11 is 0. The normalized spacial score (nSPS) is 21.3. The smallest absolute Gasteiger partial charge is 0.280 e. The standard InChI is InChI=1S/C21H19FN2O4/c22-16-7-5-15(6-8-16)20-18-4-2-1-3-14(18)11-12-23(20)21(25)19-10-9-17(13-28-19)24(26)27/h1-8,13,19-20H,9-12H2/t19?,20-/m0/s1. The Hall–Kier alpha value is -3.22. The number of fused-ring (bicyclic) bond motifs is 1. The van der Waals surface area contributed by atoms with Crippen molar-refractivity contribution in [3.63, 3.8) is 0 Å². The lowest BCUT2D eigenvalue weighted by Gasteiger charge is -2.39. The predicted molar refractivity (Wildman–Crippen MR) is 99.3 cm³/mol. The van der Waals surface area contributed by atoms with Gasteiger partial charge in [0.1, 0.15) is 5.82 Å². The molecule has 0 N–H and O–H groups in total. The lowest BCUT2D eigenvalue weighted by Crippen LogP contribution is -2.46. The molecule has 0 bridgehead atoms. The predicted octanol–water partition coefficient (Wildman–Crippen LogP) is 3.60. The van der Waals surface area contributed by atoms with Gasteiger partial charge in [-0.15, -0.1) is 0 Å². The Morgan fingerprint density at radius 2 is 1.89 bits per heavy atom. The molecule has 2 aliphatic heterocycles. The highest BCUT2D eigenvalue weighted by molar-refractivity contribution is 5.82. The molecule has 144 valence electrons. The van der Waals surface area contributed by atoms with Crippen molar-refractivity contribution in [2.24, 2.45) is 0 Å². The van der Waals surface area contributed by atoms with E-state index in [0.717, 1.165) is 23.0 Å². The van der Waals surface area contributed by atoms with Crippen molar-refractivity contribution in [3.8, 4) is 0 Å². The van der Waals surface area contributed by atoms with Gasteiger partial charge in [0.05, 0.1) is 11.0 Å². The van der Waals surface area contributed by atoms with Gasteiger partial charge in [0.25, 0.3) is 11.6 Å². The van der Waals surface area contributed by atoms with Crippen molar-refractivity contribution >= 4 is 5.91 Å². The molecule has 2 aliphatic rings. The third kappa shape index (κ3) is 3.35. The van der Waals surface area contributed by atoms with Gasteiger partial charge in [-0.1, -0.05) is 36.4 Å². The van der Waals surface area contributed by atoms with Crippen LogP contribution in [0.25, 0.3) is 0 Å². The van der Waals surface area contributed by atoms with Crippen LogP contribution < -0.4 is 0 Å². The summed E-state index contributed by atoms with van der Waals surface area (Å²) < 4.78 is 18.8. The monoisotopic (exact) mass is 382 g/mol. The maximum absolute atomic E-state index is 13.4. The maximum atomic E-state index is 13.4. The number of nitro groups is 1. The molecule has 0 fully saturated rings. The van der Waals surface area contributed by atoms with Gasteiger partial charge in [-0.25, -0.2) is 4.39 Å². The van der Waals surface area contributed by atoms with Crippen LogP contribution in [0, 0.1) is 15.9 Å². The van der Waals surface area contributed by atoms with E-state index in [1.54, 1.807) is 17.0 Å². The molecule has 1 unspecified atom stereocenters. The zero-order valence-electron chi connectivity index (χ0n) is 15.1. The number of carbonyl (C=O) groups excluding carboxylic acids is 1. The highest BCUT2D eigenvalue weighted by Gasteiger charge is 2.37. The molecule has 6 nitrogen and oxygen atoms in total. The first kappa shape index (κ1) is 18.2. The summed E-state index contributed by atoms with van der Waals surface area (Å²) in [5.74, 6) is -0.541. The highest BCUT2D eigenvalue weighted by Crippen LogP contribution is 2.36. The minimum atomic E-state index is -0.753. The number of allylic oxidation sites excluding steroid dienone is 1. The van der Waals surface area contributed by atoms with E-state index in [4.69, 9.17) is 4.74 Å². The van der Waals surface area contributed by atoms with Crippen molar-refractivity contribution in [2.45, 2.75) is 31.4 Å². The second-order valence-electron chi connectivity index (χ2n) is 6.96. The Labute approximate surface area is 161 Å². The van der Waals surface area contributed by atoms with Crippen LogP contribution in [-0.4, -0.2) is 28.4 Å². The minimum Gasteiger partial charge on any atom is -0.481 e.